The molecule has 1 saturated heterocycles. The summed E-state index contributed by atoms with van der Waals surface area (Å²) in [5.41, 5.74) is 0.651. The Kier molecular flexibility index (Phi) is 4.64. The van der Waals surface area contributed by atoms with Gasteiger partial charge in [-0.2, -0.15) is 0 Å². The van der Waals surface area contributed by atoms with Crippen LogP contribution >= 0.6 is 0 Å². The molecule has 2 aliphatic rings. The van der Waals surface area contributed by atoms with Crippen LogP contribution in [0.5, 0.6) is 0 Å². The summed E-state index contributed by atoms with van der Waals surface area (Å²) in [4.78, 5) is 26.2. The van der Waals surface area contributed by atoms with Gasteiger partial charge >= 0.3 is 0 Å². The van der Waals surface area contributed by atoms with Crippen LogP contribution in [0.15, 0.2) is 24.3 Å². The van der Waals surface area contributed by atoms with E-state index in [1.807, 2.05) is 0 Å². The molecule has 1 aromatic rings. The van der Waals surface area contributed by atoms with E-state index >= 15 is 0 Å². The third-order valence-electron chi connectivity index (χ3n) is 5.07. The molecule has 0 bridgehead atoms. The van der Waals surface area contributed by atoms with E-state index in [2.05, 4.69) is 12.2 Å². The van der Waals surface area contributed by atoms with Crippen molar-refractivity contribution in [3.8, 4) is 0 Å². The van der Waals surface area contributed by atoms with Gasteiger partial charge in [0.15, 0.2) is 0 Å². The Hall–Kier alpha value is -1.91. The Morgan fingerprint density at radius 3 is 2.61 bits per heavy atom. The van der Waals surface area contributed by atoms with Gasteiger partial charge in [0.2, 0.25) is 11.8 Å². The lowest BCUT2D eigenvalue weighted by molar-refractivity contribution is -0.127. The Balaban J connectivity index is 1.62. The molecule has 3 atom stereocenters. The molecule has 2 fully saturated rings. The highest BCUT2D eigenvalue weighted by atomic mass is 19.1. The second-order valence-corrected chi connectivity index (χ2v) is 6.76. The first-order chi connectivity index (χ1) is 11.0. The Morgan fingerprint density at radius 2 is 1.91 bits per heavy atom. The van der Waals surface area contributed by atoms with Gasteiger partial charge in [-0.05, 0) is 43.0 Å². The molecule has 1 saturated carbocycles. The first kappa shape index (κ1) is 16.0. The lowest BCUT2D eigenvalue weighted by atomic mass is 9.85. The van der Waals surface area contributed by atoms with Crippen molar-refractivity contribution in [1.29, 1.82) is 0 Å². The van der Waals surface area contributed by atoms with Gasteiger partial charge in [0.1, 0.15) is 5.82 Å². The zero-order chi connectivity index (χ0) is 16.4. The maximum Gasteiger partial charge on any atom is 0.227 e. The summed E-state index contributed by atoms with van der Waals surface area (Å²) >= 11 is 0. The number of rotatable bonds is 3. The number of nitrogens with zero attached hydrogens (tertiary/aromatic N) is 1. The van der Waals surface area contributed by atoms with Gasteiger partial charge in [-0.15, -0.1) is 0 Å². The summed E-state index contributed by atoms with van der Waals surface area (Å²) < 4.78 is 13.0. The van der Waals surface area contributed by atoms with Crippen molar-refractivity contribution >= 4 is 17.5 Å². The molecule has 3 rings (SSSR count). The summed E-state index contributed by atoms with van der Waals surface area (Å²) in [6.07, 6.45) is 4.78. The van der Waals surface area contributed by atoms with Crippen molar-refractivity contribution in [2.24, 2.45) is 11.8 Å². The lowest BCUT2D eigenvalue weighted by Crippen LogP contribution is -2.44. The van der Waals surface area contributed by atoms with Crippen LogP contribution in [0.4, 0.5) is 10.1 Å². The number of benzene rings is 1. The van der Waals surface area contributed by atoms with Crippen LogP contribution in [0, 0.1) is 17.7 Å². The van der Waals surface area contributed by atoms with E-state index in [1.54, 1.807) is 17.0 Å². The topological polar surface area (TPSA) is 49.4 Å². The van der Waals surface area contributed by atoms with Crippen molar-refractivity contribution in [3.63, 3.8) is 0 Å². The van der Waals surface area contributed by atoms with Gasteiger partial charge in [-0.3, -0.25) is 9.59 Å². The monoisotopic (exact) mass is 318 g/mol. The highest BCUT2D eigenvalue weighted by molar-refractivity contribution is 6.00. The molecule has 1 aliphatic carbocycles. The summed E-state index contributed by atoms with van der Waals surface area (Å²) in [7, 11) is 0. The minimum absolute atomic E-state index is 0.0262. The number of hydrogen-bond donors (Lipinski definition) is 1. The summed E-state index contributed by atoms with van der Waals surface area (Å²) in [5, 5.41) is 3.13. The molecule has 23 heavy (non-hydrogen) atoms. The molecule has 1 N–H and O–H groups in total. The smallest absolute Gasteiger partial charge is 0.227 e. The quantitative estimate of drug-likeness (QED) is 0.931. The second kappa shape index (κ2) is 6.69. The summed E-state index contributed by atoms with van der Waals surface area (Å²) in [5.74, 6) is -0.254. The minimum atomic E-state index is -0.332. The number of carbonyl (C=O) groups is 2. The van der Waals surface area contributed by atoms with Crippen LogP contribution in [-0.2, 0) is 9.59 Å². The predicted molar refractivity (Wildman–Crippen MR) is 86.4 cm³/mol. The van der Waals surface area contributed by atoms with Crippen molar-refractivity contribution in [1.82, 2.24) is 5.32 Å². The highest BCUT2D eigenvalue weighted by Crippen LogP contribution is 2.27. The molecule has 0 aromatic heterocycles. The Bertz CT molecular complexity index is 587. The number of nitrogens with one attached hydrogen (secondary N) is 1. The molecular formula is C18H23FN2O2. The molecule has 5 heteroatoms. The zero-order valence-corrected chi connectivity index (χ0v) is 13.4. The fourth-order valence-corrected chi connectivity index (χ4v) is 3.59. The number of amides is 2. The molecule has 0 spiro atoms. The zero-order valence-electron chi connectivity index (χ0n) is 13.4. The molecule has 1 aromatic carbocycles. The standard InChI is InChI=1S/C18H23FN2O2/c1-12-4-2-3-5-16(12)20-18(23)13-10-17(22)21(11-13)15-8-6-14(19)7-9-15/h6-9,12-13,16H,2-5,10-11H2,1H3,(H,20,23)/t12-,13-,16+/m1/s1. The largest absolute Gasteiger partial charge is 0.353 e. The molecule has 1 aliphatic heterocycles. The summed E-state index contributed by atoms with van der Waals surface area (Å²) in [6, 6.07) is 6.05. The van der Waals surface area contributed by atoms with E-state index in [9.17, 15) is 14.0 Å². The molecule has 2 amide bonds. The van der Waals surface area contributed by atoms with Crippen LogP contribution in [0.3, 0.4) is 0 Å². The molecule has 1 heterocycles. The maximum absolute atomic E-state index is 13.0. The van der Waals surface area contributed by atoms with Crippen molar-refractivity contribution in [3.05, 3.63) is 30.1 Å². The second-order valence-electron chi connectivity index (χ2n) is 6.76. The molecule has 0 radical (unpaired) electrons. The van der Waals surface area contributed by atoms with Crippen molar-refractivity contribution in [2.45, 2.75) is 45.1 Å². The first-order valence-electron chi connectivity index (χ1n) is 8.41. The summed E-state index contributed by atoms with van der Waals surface area (Å²) in [6.45, 7) is 2.55. The van der Waals surface area contributed by atoms with Crippen LogP contribution < -0.4 is 10.2 Å². The van der Waals surface area contributed by atoms with E-state index < -0.39 is 0 Å². The lowest BCUT2D eigenvalue weighted by Gasteiger charge is -2.30. The molecular weight excluding hydrogens is 295 g/mol. The van der Waals surface area contributed by atoms with Gasteiger partial charge in [-0.25, -0.2) is 4.39 Å². The highest BCUT2D eigenvalue weighted by Gasteiger charge is 2.36. The first-order valence-corrected chi connectivity index (χ1v) is 8.41. The maximum atomic E-state index is 13.0. The average molecular weight is 318 g/mol. The van der Waals surface area contributed by atoms with E-state index in [-0.39, 0.29) is 36.0 Å². The Labute approximate surface area is 136 Å². The van der Waals surface area contributed by atoms with Crippen LogP contribution in [0.1, 0.15) is 39.0 Å². The SMILES string of the molecule is C[C@@H]1CCCC[C@@H]1NC(=O)[C@@H]1CC(=O)N(c2ccc(F)cc2)C1. The number of halogens is 1. The third-order valence-corrected chi connectivity index (χ3v) is 5.07. The normalized spacial score (nSPS) is 28.0. The minimum Gasteiger partial charge on any atom is -0.353 e. The van der Waals surface area contributed by atoms with Crippen molar-refractivity contribution < 1.29 is 14.0 Å². The predicted octanol–water partition coefficient (Wildman–Crippen LogP) is 2.87. The van der Waals surface area contributed by atoms with E-state index in [0.717, 1.165) is 19.3 Å². The van der Waals surface area contributed by atoms with E-state index in [4.69, 9.17) is 0 Å². The van der Waals surface area contributed by atoms with Crippen LogP contribution in [0.25, 0.3) is 0 Å². The number of anilines is 1. The third kappa shape index (κ3) is 3.54. The van der Waals surface area contributed by atoms with Crippen molar-refractivity contribution in [2.75, 3.05) is 11.4 Å². The van der Waals surface area contributed by atoms with Gasteiger partial charge < -0.3 is 10.2 Å². The Morgan fingerprint density at radius 1 is 1.22 bits per heavy atom. The van der Waals surface area contributed by atoms with Crippen LogP contribution in [-0.4, -0.2) is 24.4 Å². The molecule has 0 unspecified atom stereocenters. The van der Waals surface area contributed by atoms with Crippen LogP contribution in [0.2, 0.25) is 0 Å². The molecule has 124 valence electrons. The van der Waals surface area contributed by atoms with Gasteiger partial charge in [-0.1, -0.05) is 19.8 Å². The van der Waals surface area contributed by atoms with E-state index in [0.29, 0.717) is 18.2 Å². The fourth-order valence-electron chi connectivity index (χ4n) is 3.59. The molecule has 4 nitrogen and oxygen atoms in total. The van der Waals surface area contributed by atoms with E-state index in [1.165, 1.54) is 18.6 Å². The average Bonchev–Trinajstić information content (AvgIpc) is 2.92. The van der Waals surface area contributed by atoms with Gasteiger partial charge in [0.05, 0.1) is 5.92 Å². The number of carbonyl (C=O) groups excluding carboxylic acids is 2. The van der Waals surface area contributed by atoms with Gasteiger partial charge in [0.25, 0.3) is 0 Å². The fraction of sp³-hybridized carbons (Fsp3) is 0.556. The number of hydrogen-bond acceptors (Lipinski definition) is 2. The van der Waals surface area contributed by atoms with Gasteiger partial charge in [0, 0.05) is 24.7 Å².